The summed E-state index contributed by atoms with van der Waals surface area (Å²) in [6, 6.07) is 20.3. The van der Waals surface area contributed by atoms with Gasteiger partial charge in [-0.2, -0.15) is 5.26 Å². The number of pyridine rings is 1. The standard InChI is InChI=1S/C38H39ClN4O8/c1-24-28(6-4-8-32(24)27-5-3-7-31(12-27)49-22-36(46)43-10-9-30(45)19-43)21-51-35-14-34(50-20-26-11-25(15-40)16-41-17-26)29(13-33(35)39)18-42-38(2,23-44)37(47)48/h3-8,11-14,16-17,30,42,44-45H,9-10,18-23H2,1-2H3,(H,47,48)/t30-,38-/m0/s1. The first-order valence-corrected chi connectivity index (χ1v) is 16.7. The van der Waals surface area contributed by atoms with Gasteiger partial charge in [0.15, 0.2) is 6.61 Å². The third kappa shape index (κ3) is 9.33. The molecule has 12 nitrogen and oxygen atoms in total. The largest absolute Gasteiger partial charge is 0.488 e. The number of aliphatic hydroxyl groups excluding tert-OH is 2. The molecule has 1 aliphatic heterocycles. The number of carbonyl (C=O) groups excluding carboxylic acids is 1. The summed E-state index contributed by atoms with van der Waals surface area (Å²) in [6.07, 6.45) is 3.11. The van der Waals surface area contributed by atoms with E-state index in [-0.39, 0.29) is 37.3 Å². The maximum Gasteiger partial charge on any atom is 0.326 e. The van der Waals surface area contributed by atoms with E-state index in [2.05, 4.69) is 10.3 Å². The number of nitriles is 1. The first kappa shape index (κ1) is 37.1. The Morgan fingerprint density at radius 2 is 1.84 bits per heavy atom. The molecule has 266 valence electrons. The third-order valence-electron chi connectivity index (χ3n) is 8.74. The molecule has 4 N–H and O–H groups in total. The van der Waals surface area contributed by atoms with Crippen molar-refractivity contribution >= 4 is 23.5 Å². The van der Waals surface area contributed by atoms with E-state index in [1.54, 1.807) is 35.4 Å². The van der Waals surface area contributed by atoms with Gasteiger partial charge in [-0.25, -0.2) is 0 Å². The lowest BCUT2D eigenvalue weighted by atomic mass is 9.96. The first-order chi connectivity index (χ1) is 24.5. The molecule has 0 unspecified atom stereocenters. The highest BCUT2D eigenvalue weighted by molar-refractivity contribution is 6.32. The molecule has 5 rings (SSSR count). The minimum absolute atomic E-state index is 0.00858. The molecule has 1 amide bonds. The highest BCUT2D eigenvalue weighted by Crippen LogP contribution is 2.35. The summed E-state index contributed by atoms with van der Waals surface area (Å²) in [5.74, 6) is -0.149. The molecule has 3 aromatic carbocycles. The van der Waals surface area contributed by atoms with Crippen molar-refractivity contribution in [2.75, 3.05) is 26.3 Å². The van der Waals surface area contributed by atoms with Gasteiger partial charge in [0, 0.05) is 49.2 Å². The highest BCUT2D eigenvalue weighted by Gasteiger charge is 2.32. The van der Waals surface area contributed by atoms with Crippen LogP contribution in [-0.2, 0) is 29.3 Å². The zero-order chi connectivity index (χ0) is 36.5. The van der Waals surface area contributed by atoms with E-state index in [1.165, 1.54) is 13.1 Å². The van der Waals surface area contributed by atoms with Crippen LogP contribution in [0.1, 0.15) is 41.2 Å². The van der Waals surface area contributed by atoms with Gasteiger partial charge in [-0.15, -0.1) is 0 Å². The normalized spacial score (nSPS) is 15.1. The number of ether oxygens (including phenoxy) is 3. The van der Waals surface area contributed by atoms with E-state index in [9.17, 15) is 30.2 Å². The molecule has 1 fully saturated rings. The summed E-state index contributed by atoms with van der Waals surface area (Å²) >= 11 is 6.68. The lowest BCUT2D eigenvalue weighted by molar-refractivity contribution is -0.146. The van der Waals surface area contributed by atoms with Crippen LogP contribution in [0.15, 0.2) is 73.1 Å². The van der Waals surface area contributed by atoms with Gasteiger partial charge >= 0.3 is 5.97 Å². The van der Waals surface area contributed by atoms with Gasteiger partial charge in [0.05, 0.1) is 23.3 Å². The Hall–Kier alpha value is -5.19. The molecule has 0 saturated carbocycles. The Kier molecular flexibility index (Phi) is 12.1. The predicted octanol–water partition coefficient (Wildman–Crippen LogP) is 4.64. The molecule has 13 heteroatoms. The smallest absolute Gasteiger partial charge is 0.326 e. The summed E-state index contributed by atoms with van der Waals surface area (Å²) in [4.78, 5) is 30.0. The van der Waals surface area contributed by atoms with Crippen LogP contribution in [0.2, 0.25) is 5.02 Å². The summed E-state index contributed by atoms with van der Waals surface area (Å²) in [7, 11) is 0. The zero-order valence-electron chi connectivity index (χ0n) is 28.3. The summed E-state index contributed by atoms with van der Waals surface area (Å²) < 4.78 is 18.2. The second-order valence-electron chi connectivity index (χ2n) is 12.5. The SMILES string of the molecule is Cc1c(COc2cc(OCc3cncc(C#N)c3)c(CN[C@@](C)(CO)C(=O)O)cc2Cl)cccc1-c1cccc(OCC(=O)N2CC[C@H](O)C2)c1. The van der Waals surface area contributed by atoms with Crippen LogP contribution in [0.4, 0.5) is 0 Å². The minimum Gasteiger partial charge on any atom is -0.488 e. The molecule has 0 radical (unpaired) electrons. The number of aliphatic hydroxyl groups is 2. The highest BCUT2D eigenvalue weighted by atomic mass is 35.5. The molecule has 1 saturated heterocycles. The first-order valence-electron chi connectivity index (χ1n) is 16.3. The van der Waals surface area contributed by atoms with Crippen LogP contribution in [0.5, 0.6) is 17.2 Å². The van der Waals surface area contributed by atoms with Crippen LogP contribution in [0.25, 0.3) is 11.1 Å². The lowest BCUT2D eigenvalue weighted by Gasteiger charge is -2.25. The number of amides is 1. The number of nitrogens with one attached hydrogen (secondary N) is 1. The van der Waals surface area contributed by atoms with Crippen molar-refractivity contribution in [2.45, 2.75) is 51.7 Å². The molecule has 1 aliphatic rings. The minimum atomic E-state index is -1.60. The molecular weight excluding hydrogens is 676 g/mol. The van der Waals surface area contributed by atoms with Gasteiger partial charge in [-0.05, 0) is 66.8 Å². The lowest BCUT2D eigenvalue weighted by Crippen LogP contribution is -2.52. The maximum absolute atomic E-state index is 12.5. The van der Waals surface area contributed by atoms with E-state index in [1.807, 2.05) is 49.4 Å². The summed E-state index contributed by atoms with van der Waals surface area (Å²) in [5.41, 5.74) is 3.65. The van der Waals surface area contributed by atoms with Crippen molar-refractivity contribution in [1.29, 1.82) is 5.26 Å². The Morgan fingerprint density at radius 3 is 2.57 bits per heavy atom. The molecular formula is C38H39ClN4O8. The quantitative estimate of drug-likeness (QED) is 0.135. The fourth-order valence-corrected chi connectivity index (χ4v) is 5.74. The number of nitrogens with zero attached hydrogens (tertiary/aromatic N) is 3. The van der Waals surface area contributed by atoms with E-state index in [4.69, 9.17) is 25.8 Å². The number of rotatable bonds is 15. The average Bonchev–Trinajstić information content (AvgIpc) is 3.58. The Morgan fingerprint density at radius 1 is 1.06 bits per heavy atom. The summed E-state index contributed by atoms with van der Waals surface area (Å²) in [6.45, 7) is 3.68. The van der Waals surface area contributed by atoms with Crippen LogP contribution in [-0.4, -0.2) is 75.0 Å². The Labute approximate surface area is 300 Å². The van der Waals surface area contributed by atoms with Crippen molar-refractivity contribution in [2.24, 2.45) is 0 Å². The van der Waals surface area contributed by atoms with Gasteiger partial charge in [0.1, 0.15) is 42.1 Å². The Bertz CT molecular complexity index is 1930. The molecule has 1 aromatic heterocycles. The van der Waals surface area contributed by atoms with Crippen LogP contribution in [0.3, 0.4) is 0 Å². The number of β-amino-alcohol motifs (C(OH)–C–C–N with tert-alkyl or cyclic N) is 1. The number of carboxylic acids is 1. The maximum atomic E-state index is 12.5. The number of carboxylic acid groups (broad SMARTS) is 1. The molecule has 0 bridgehead atoms. The molecule has 51 heavy (non-hydrogen) atoms. The Balaban J connectivity index is 1.33. The number of likely N-dealkylation sites (tertiary alicyclic amines) is 1. The second kappa shape index (κ2) is 16.7. The molecule has 2 atom stereocenters. The molecule has 0 spiro atoms. The number of carbonyl (C=O) groups is 2. The van der Waals surface area contributed by atoms with Crippen LogP contribution < -0.4 is 19.5 Å². The van der Waals surface area contributed by atoms with E-state index in [0.717, 1.165) is 22.3 Å². The fraction of sp³-hybridized carbons (Fsp3) is 0.316. The van der Waals surface area contributed by atoms with Crippen molar-refractivity contribution in [3.05, 3.63) is 106 Å². The van der Waals surface area contributed by atoms with Gasteiger partial charge < -0.3 is 34.4 Å². The van der Waals surface area contributed by atoms with Crippen molar-refractivity contribution in [3.8, 4) is 34.4 Å². The number of halogens is 1. The predicted molar refractivity (Wildman–Crippen MR) is 188 cm³/mol. The average molecular weight is 715 g/mol. The number of aromatic nitrogens is 1. The van der Waals surface area contributed by atoms with Crippen molar-refractivity contribution < 1.29 is 39.1 Å². The van der Waals surface area contributed by atoms with Gasteiger partial charge in [0.25, 0.3) is 5.91 Å². The van der Waals surface area contributed by atoms with Crippen LogP contribution >= 0.6 is 11.6 Å². The molecule has 0 aliphatic carbocycles. The number of hydrogen-bond acceptors (Lipinski definition) is 10. The number of aliphatic carboxylic acids is 1. The van der Waals surface area contributed by atoms with E-state index >= 15 is 0 Å². The van der Waals surface area contributed by atoms with Crippen molar-refractivity contribution in [1.82, 2.24) is 15.2 Å². The monoisotopic (exact) mass is 714 g/mol. The fourth-order valence-electron chi connectivity index (χ4n) is 5.50. The van der Waals surface area contributed by atoms with Gasteiger partial charge in [-0.3, -0.25) is 19.9 Å². The number of benzene rings is 3. The zero-order valence-corrected chi connectivity index (χ0v) is 29.0. The third-order valence-corrected chi connectivity index (χ3v) is 9.04. The topological polar surface area (TPSA) is 174 Å². The van der Waals surface area contributed by atoms with Gasteiger partial charge in [-0.1, -0.05) is 41.9 Å². The van der Waals surface area contributed by atoms with E-state index in [0.29, 0.717) is 53.4 Å². The van der Waals surface area contributed by atoms with E-state index < -0.39 is 24.2 Å². The summed E-state index contributed by atoms with van der Waals surface area (Å²) in [5, 5.41) is 41.5. The molecule has 2 heterocycles. The van der Waals surface area contributed by atoms with Crippen molar-refractivity contribution in [3.63, 3.8) is 0 Å². The number of hydrogen-bond donors (Lipinski definition) is 4. The van der Waals surface area contributed by atoms with Gasteiger partial charge in [0.2, 0.25) is 0 Å². The molecule has 4 aromatic rings. The van der Waals surface area contributed by atoms with Crippen LogP contribution in [0, 0.1) is 18.3 Å². The second-order valence-corrected chi connectivity index (χ2v) is 12.9.